The number of rotatable bonds is 8. The molecule has 0 saturated heterocycles. The maximum atomic E-state index is 5.12. The van der Waals surface area contributed by atoms with Crippen LogP contribution < -0.4 is 5.32 Å². The van der Waals surface area contributed by atoms with Gasteiger partial charge in [0, 0.05) is 32.7 Å². The van der Waals surface area contributed by atoms with E-state index >= 15 is 0 Å². The lowest BCUT2D eigenvalue weighted by Crippen LogP contribution is -2.41. The van der Waals surface area contributed by atoms with E-state index < -0.39 is 0 Å². The van der Waals surface area contributed by atoms with Gasteiger partial charge >= 0.3 is 0 Å². The van der Waals surface area contributed by atoms with Crippen molar-refractivity contribution in [2.75, 3.05) is 32.7 Å². The van der Waals surface area contributed by atoms with Gasteiger partial charge in [-0.1, -0.05) is 43.6 Å². The van der Waals surface area contributed by atoms with Gasteiger partial charge in [0.05, 0.1) is 0 Å². The van der Waals surface area contributed by atoms with Crippen molar-refractivity contribution in [1.29, 1.82) is 0 Å². The van der Waals surface area contributed by atoms with Crippen molar-refractivity contribution in [2.24, 2.45) is 0 Å². The van der Waals surface area contributed by atoms with E-state index in [0.29, 0.717) is 19.5 Å². The Kier molecular flexibility index (Phi) is 11.8. The highest BCUT2D eigenvalue weighted by molar-refractivity contribution is 8.11. The predicted octanol–water partition coefficient (Wildman–Crippen LogP) is 2.23. The SMILES string of the molecule is CCCN(CCN(CCNC(=S)S)C(=S)S)C(=S)S. The van der Waals surface area contributed by atoms with Crippen molar-refractivity contribution < 1.29 is 0 Å². The lowest BCUT2D eigenvalue weighted by atomic mass is 10.4. The van der Waals surface area contributed by atoms with Gasteiger partial charge in [-0.2, -0.15) is 0 Å². The van der Waals surface area contributed by atoms with Crippen LogP contribution in [0.25, 0.3) is 0 Å². The second-order valence-corrected chi connectivity index (χ2v) is 7.15. The molecule has 0 aromatic heterocycles. The monoisotopic (exact) mass is 373 g/mol. The molecule has 0 amide bonds. The molecule has 0 unspecified atom stereocenters. The molecule has 0 aliphatic rings. The number of nitrogens with zero attached hydrogens (tertiary/aromatic N) is 2. The summed E-state index contributed by atoms with van der Waals surface area (Å²) in [6.45, 7) is 5.95. The highest BCUT2D eigenvalue weighted by Crippen LogP contribution is 2.02. The Bertz CT molecular complexity index is 322. The third-order valence-electron chi connectivity index (χ3n) is 2.33. The van der Waals surface area contributed by atoms with E-state index in [2.05, 4.69) is 50.1 Å². The largest absolute Gasteiger partial charge is 0.369 e. The summed E-state index contributed by atoms with van der Waals surface area (Å²) in [4.78, 5) is 4.04. The molecule has 0 heterocycles. The molecule has 110 valence electrons. The molecular formula is C10H19N3S6. The van der Waals surface area contributed by atoms with Gasteiger partial charge in [-0.25, -0.2) is 0 Å². The number of thiocarbonyl (C=S) groups is 3. The average Bonchev–Trinajstić information content (AvgIpc) is 2.30. The standard InChI is InChI=1S/C10H19N3S6/c1-2-4-12(9(16)17)6-7-13(10(18)19)5-3-11-8(14)15/h2-7H2,1H3,(H,16,17)(H,18,19)(H2,11,14,15). The number of thiol groups is 3. The van der Waals surface area contributed by atoms with Crippen LogP contribution in [0.3, 0.4) is 0 Å². The highest BCUT2D eigenvalue weighted by Gasteiger charge is 2.10. The van der Waals surface area contributed by atoms with Crippen LogP contribution in [0.2, 0.25) is 0 Å². The van der Waals surface area contributed by atoms with E-state index in [1.165, 1.54) is 0 Å². The zero-order valence-electron chi connectivity index (χ0n) is 10.7. The van der Waals surface area contributed by atoms with Gasteiger partial charge in [0.15, 0.2) is 0 Å². The van der Waals surface area contributed by atoms with Crippen molar-refractivity contribution in [2.45, 2.75) is 13.3 Å². The Morgan fingerprint density at radius 2 is 1.37 bits per heavy atom. The first kappa shape index (κ1) is 19.7. The number of hydrogen-bond donors (Lipinski definition) is 4. The van der Waals surface area contributed by atoms with Crippen LogP contribution in [0, 0.1) is 0 Å². The van der Waals surface area contributed by atoms with Gasteiger partial charge in [0.25, 0.3) is 0 Å². The van der Waals surface area contributed by atoms with Crippen LogP contribution in [-0.2, 0) is 0 Å². The van der Waals surface area contributed by atoms with Crippen molar-refractivity contribution >= 4 is 87.5 Å². The Morgan fingerprint density at radius 3 is 1.74 bits per heavy atom. The molecule has 0 atom stereocenters. The molecule has 1 N–H and O–H groups in total. The Labute approximate surface area is 148 Å². The molecule has 3 nitrogen and oxygen atoms in total. The Hall–Kier alpha value is 0.720. The van der Waals surface area contributed by atoms with Crippen LogP contribution >= 0.6 is 74.5 Å². The number of hydrogen-bond acceptors (Lipinski definition) is 3. The maximum Gasteiger partial charge on any atom is 0.133 e. The van der Waals surface area contributed by atoms with Crippen LogP contribution in [0.5, 0.6) is 0 Å². The van der Waals surface area contributed by atoms with Crippen LogP contribution in [0.4, 0.5) is 0 Å². The van der Waals surface area contributed by atoms with Gasteiger partial charge in [0.1, 0.15) is 13.0 Å². The second kappa shape index (κ2) is 11.4. The summed E-state index contributed by atoms with van der Waals surface area (Å²) < 4.78 is 1.66. The quantitative estimate of drug-likeness (QED) is 0.383. The third-order valence-corrected chi connectivity index (χ3v) is 3.72. The van der Waals surface area contributed by atoms with Crippen LogP contribution in [0.15, 0.2) is 0 Å². The smallest absolute Gasteiger partial charge is 0.133 e. The fourth-order valence-corrected chi connectivity index (χ4v) is 2.39. The Morgan fingerprint density at radius 1 is 0.895 bits per heavy atom. The van der Waals surface area contributed by atoms with E-state index in [9.17, 15) is 0 Å². The summed E-state index contributed by atoms with van der Waals surface area (Å²) in [5.74, 6) is 0. The van der Waals surface area contributed by atoms with Gasteiger partial charge < -0.3 is 15.1 Å². The van der Waals surface area contributed by atoms with Gasteiger partial charge in [-0.15, -0.1) is 37.9 Å². The normalized spacial score (nSPS) is 9.89. The van der Waals surface area contributed by atoms with E-state index in [1.807, 2.05) is 9.80 Å². The Balaban J connectivity index is 4.22. The molecule has 0 aromatic rings. The maximum absolute atomic E-state index is 5.12. The van der Waals surface area contributed by atoms with Gasteiger partial charge in [-0.3, -0.25) is 0 Å². The second-order valence-electron chi connectivity index (χ2n) is 3.77. The highest BCUT2D eigenvalue weighted by atomic mass is 32.1. The average molecular weight is 374 g/mol. The molecular weight excluding hydrogens is 355 g/mol. The van der Waals surface area contributed by atoms with Crippen molar-refractivity contribution in [1.82, 2.24) is 15.1 Å². The summed E-state index contributed by atoms with van der Waals surface area (Å²) in [5, 5.41) is 2.97. The zero-order chi connectivity index (χ0) is 14.8. The first-order valence-electron chi connectivity index (χ1n) is 5.81. The lowest BCUT2D eigenvalue weighted by molar-refractivity contribution is 0.353. The van der Waals surface area contributed by atoms with Gasteiger partial charge in [0.2, 0.25) is 0 Å². The third kappa shape index (κ3) is 10.1. The molecule has 0 aromatic carbocycles. The van der Waals surface area contributed by atoms with E-state index in [4.69, 9.17) is 36.7 Å². The van der Waals surface area contributed by atoms with E-state index in [-0.39, 0.29) is 0 Å². The fourth-order valence-electron chi connectivity index (χ4n) is 1.42. The molecule has 9 heteroatoms. The molecule has 0 aliphatic heterocycles. The fraction of sp³-hybridized carbons (Fsp3) is 0.700. The molecule has 0 radical (unpaired) electrons. The minimum Gasteiger partial charge on any atom is -0.369 e. The van der Waals surface area contributed by atoms with E-state index in [1.54, 1.807) is 0 Å². The lowest BCUT2D eigenvalue weighted by Gasteiger charge is -2.28. The minimum atomic E-state index is 0.481. The molecule has 0 rings (SSSR count). The number of nitrogens with one attached hydrogen (secondary N) is 1. The summed E-state index contributed by atoms with van der Waals surface area (Å²) in [7, 11) is 0. The van der Waals surface area contributed by atoms with Crippen molar-refractivity contribution in [3.05, 3.63) is 0 Å². The zero-order valence-corrected chi connectivity index (χ0v) is 15.8. The minimum absolute atomic E-state index is 0.481. The van der Waals surface area contributed by atoms with Gasteiger partial charge in [-0.05, 0) is 6.42 Å². The summed E-state index contributed by atoms with van der Waals surface area (Å²) >= 11 is 27.5. The van der Waals surface area contributed by atoms with E-state index in [0.717, 1.165) is 32.6 Å². The van der Waals surface area contributed by atoms with Crippen LogP contribution in [0.1, 0.15) is 13.3 Å². The summed E-state index contributed by atoms with van der Waals surface area (Å²) in [6.07, 6.45) is 1.03. The van der Waals surface area contributed by atoms with Crippen LogP contribution in [-0.4, -0.2) is 55.5 Å². The molecule has 19 heavy (non-hydrogen) atoms. The molecule has 0 saturated carbocycles. The topological polar surface area (TPSA) is 18.5 Å². The summed E-state index contributed by atoms with van der Waals surface area (Å²) in [6, 6.07) is 0. The molecule has 0 spiro atoms. The molecule has 0 fully saturated rings. The first-order chi connectivity index (χ1) is 8.88. The molecule has 0 aliphatic carbocycles. The first-order valence-corrected chi connectivity index (χ1v) is 8.37. The molecule has 0 bridgehead atoms. The van der Waals surface area contributed by atoms with Crippen molar-refractivity contribution in [3.63, 3.8) is 0 Å². The summed E-state index contributed by atoms with van der Waals surface area (Å²) in [5.41, 5.74) is 0. The predicted molar refractivity (Wildman–Crippen MR) is 106 cm³/mol. The van der Waals surface area contributed by atoms with Crippen molar-refractivity contribution in [3.8, 4) is 0 Å².